The number of benzene rings is 1. The maximum atomic E-state index is 13.3. The Morgan fingerprint density at radius 2 is 1.74 bits per heavy atom. The number of nitrogens with zero attached hydrogens (tertiary/aromatic N) is 3. The Labute approximate surface area is 224 Å². The molecule has 3 aromatic rings. The van der Waals surface area contributed by atoms with Gasteiger partial charge in [0, 0.05) is 27.1 Å². The SMILES string of the molecule is CC(=O)N1CC=C(c2ccc(C(=O)NS(=O)(=O)c3cccc(C)n3)c(Oc3c(C)cc(C)cc3C)n2)CC1.[HH]. The number of aromatic nitrogens is 2. The Balaban J connectivity index is 0.00000420. The highest BCUT2D eigenvalue weighted by Gasteiger charge is 2.25. The van der Waals surface area contributed by atoms with Crippen molar-refractivity contribution in [3.8, 4) is 11.6 Å². The molecule has 9 nitrogen and oxygen atoms in total. The smallest absolute Gasteiger partial charge is 0.281 e. The van der Waals surface area contributed by atoms with Gasteiger partial charge in [-0.1, -0.05) is 29.8 Å². The summed E-state index contributed by atoms with van der Waals surface area (Å²) in [6.45, 7) is 9.98. The third-order valence-corrected chi connectivity index (χ3v) is 7.49. The second kappa shape index (κ2) is 10.7. The van der Waals surface area contributed by atoms with Gasteiger partial charge in [0.1, 0.15) is 11.3 Å². The Hall–Kier alpha value is -4.05. The number of hydrogen-bond donors (Lipinski definition) is 1. The van der Waals surface area contributed by atoms with Crippen molar-refractivity contribution in [2.45, 2.75) is 46.1 Å². The van der Waals surface area contributed by atoms with Crippen LogP contribution in [0.3, 0.4) is 0 Å². The van der Waals surface area contributed by atoms with Gasteiger partial charge in [-0.15, -0.1) is 0 Å². The number of ether oxygens (including phenoxy) is 1. The predicted octanol–water partition coefficient (Wildman–Crippen LogP) is 4.50. The zero-order chi connectivity index (χ0) is 27.6. The quantitative estimate of drug-likeness (QED) is 0.493. The van der Waals surface area contributed by atoms with Crippen molar-refractivity contribution >= 4 is 27.4 Å². The van der Waals surface area contributed by atoms with Crippen LogP contribution in [0.25, 0.3) is 5.57 Å². The molecule has 0 aliphatic carbocycles. The Bertz CT molecular complexity index is 1550. The van der Waals surface area contributed by atoms with Crippen molar-refractivity contribution in [2.24, 2.45) is 0 Å². The highest BCUT2D eigenvalue weighted by Crippen LogP contribution is 2.32. The van der Waals surface area contributed by atoms with Crippen molar-refractivity contribution in [3.63, 3.8) is 0 Å². The molecule has 0 bridgehead atoms. The van der Waals surface area contributed by atoms with Gasteiger partial charge in [-0.3, -0.25) is 9.59 Å². The standard InChI is InChI=1S/C28H30N4O5S.H2/c1-17-15-18(2)26(19(3)16-17)37-28-23(27(34)31-38(35,36)25-8-6-7-20(4)29-25)9-10-24(30-28)22-11-13-32(14-12-22)21(5)33;/h6-11,15-16H,12-14H2,1-5H3,(H,31,34);1H. The maximum Gasteiger partial charge on any atom is 0.281 e. The number of carbonyl (C=O) groups excluding carboxylic acids is 2. The molecule has 200 valence electrons. The van der Waals surface area contributed by atoms with Crippen molar-refractivity contribution in [3.05, 3.63) is 82.2 Å². The van der Waals surface area contributed by atoms with Gasteiger partial charge in [-0.25, -0.2) is 14.7 Å². The molecule has 4 rings (SSSR count). The summed E-state index contributed by atoms with van der Waals surface area (Å²) in [5, 5.41) is -0.259. The summed E-state index contributed by atoms with van der Waals surface area (Å²) in [5.74, 6) is -0.362. The highest BCUT2D eigenvalue weighted by atomic mass is 32.2. The second-order valence-electron chi connectivity index (χ2n) is 9.38. The molecule has 0 saturated carbocycles. The van der Waals surface area contributed by atoms with Crippen LogP contribution in [-0.2, 0) is 14.8 Å². The molecule has 2 aromatic heterocycles. The lowest BCUT2D eigenvalue weighted by molar-refractivity contribution is -0.128. The monoisotopic (exact) mass is 536 g/mol. The van der Waals surface area contributed by atoms with Crippen LogP contribution < -0.4 is 9.46 Å². The van der Waals surface area contributed by atoms with E-state index in [4.69, 9.17) is 4.74 Å². The lowest BCUT2D eigenvalue weighted by Crippen LogP contribution is -2.33. The zero-order valence-corrected chi connectivity index (χ0v) is 22.8. The van der Waals surface area contributed by atoms with Gasteiger partial charge < -0.3 is 9.64 Å². The van der Waals surface area contributed by atoms with E-state index in [1.54, 1.807) is 30.0 Å². The number of carbonyl (C=O) groups is 2. The lowest BCUT2D eigenvalue weighted by Gasteiger charge is -2.25. The van der Waals surface area contributed by atoms with Gasteiger partial charge in [0.05, 0.1) is 5.69 Å². The predicted molar refractivity (Wildman–Crippen MR) is 146 cm³/mol. The number of aryl methyl sites for hydroxylation is 4. The van der Waals surface area contributed by atoms with Crippen LogP contribution in [0.15, 0.2) is 53.6 Å². The van der Waals surface area contributed by atoms with E-state index in [-0.39, 0.29) is 23.8 Å². The van der Waals surface area contributed by atoms with E-state index < -0.39 is 15.9 Å². The van der Waals surface area contributed by atoms with Gasteiger partial charge in [-0.05, 0) is 75.1 Å². The Morgan fingerprint density at radius 3 is 2.34 bits per heavy atom. The molecule has 0 atom stereocenters. The fraction of sp³-hybridized carbons (Fsp3) is 0.286. The van der Waals surface area contributed by atoms with E-state index in [0.717, 1.165) is 22.3 Å². The first-order chi connectivity index (χ1) is 17.9. The molecule has 1 aromatic carbocycles. The molecule has 1 aliphatic rings. The molecule has 2 amide bonds. The van der Waals surface area contributed by atoms with E-state index in [1.807, 2.05) is 39.0 Å². The molecule has 0 spiro atoms. The Morgan fingerprint density at radius 1 is 1.03 bits per heavy atom. The fourth-order valence-electron chi connectivity index (χ4n) is 4.38. The lowest BCUT2D eigenvalue weighted by atomic mass is 10.0. The molecule has 3 heterocycles. The second-order valence-corrected chi connectivity index (χ2v) is 11.0. The number of rotatable bonds is 6. The normalized spacial score (nSPS) is 13.6. The van der Waals surface area contributed by atoms with E-state index in [2.05, 4.69) is 14.7 Å². The summed E-state index contributed by atoms with van der Waals surface area (Å²) in [7, 11) is -4.23. The molecular formula is C28H32N4O5S. The third-order valence-electron chi connectivity index (χ3n) is 6.26. The first-order valence-corrected chi connectivity index (χ1v) is 13.7. The van der Waals surface area contributed by atoms with Crippen LogP contribution in [0.1, 0.15) is 53.2 Å². The highest BCUT2D eigenvalue weighted by molar-refractivity contribution is 7.90. The van der Waals surface area contributed by atoms with Gasteiger partial charge in [0.25, 0.3) is 15.9 Å². The molecule has 0 saturated heterocycles. The van der Waals surface area contributed by atoms with E-state index in [0.29, 0.717) is 36.6 Å². The molecule has 0 fully saturated rings. The molecule has 10 heteroatoms. The third kappa shape index (κ3) is 5.91. The molecule has 1 N–H and O–H groups in total. The Kier molecular flexibility index (Phi) is 7.63. The largest absolute Gasteiger partial charge is 0.438 e. The van der Waals surface area contributed by atoms with Gasteiger partial charge in [0.15, 0.2) is 5.03 Å². The van der Waals surface area contributed by atoms with Crippen LogP contribution in [-0.4, -0.2) is 48.2 Å². The zero-order valence-electron chi connectivity index (χ0n) is 22.0. The average Bonchev–Trinajstić information content (AvgIpc) is 2.86. The molecule has 38 heavy (non-hydrogen) atoms. The minimum atomic E-state index is -4.23. The van der Waals surface area contributed by atoms with Crippen molar-refractivity contribution < 1.29 is 24.2 Å². The topological polar surface area (TPSA) is 119 Å². The fourth-order valence-corrected chi connectivity index (χ4v) is 5.36. The molecule has 0 unspecified atom stereocenters. The van der Waals surface area contributed by atoms with Crippen LogP contribution in [0.4, 0.5) is 0 Å². The first kappa shape index (κ1) is 27.0. The molecule has 1 aliphatic heterocycles. The van der Waals surface area contributed by atoms with E-state index in [9.17, 15) is 18.0 Å². The number of pyridine rings is 2. The van der Waals surface area contributed by atoms with Crippen LogP contribution in [0.2, 0.25) is 0 Å². The number of sulfonamides is 1. The molecular weight excluding hydrogens is 504 g/mol. The minimum Gasteiger partial charge on any atom is -0.438 e. The van der Waals surface area contributed by atoms with E-state index >= 15 is 0 Å². The van der Waals surface area contributed by atoms with Gasteiger partial charge in [0.2, 0.25) is 11.8 Å². The summed E-state index contributed by atoms with van der Waals surface area (Å²) in [4.78, 5) is 35.4. The first-order valence-electron chi connectivity index (χ1n) is 12.2. The molecule has 0 radical (unpaired) electrons. The summed E-state index contributed by atoms with van der Waals surface area (Å²) in [6, 6.07) is 11.6. The maximum absolute atomic E-state index is 13.3. The van der Waals surface area contributed by atoms with E-state index in [1.165, 1.54) is 19.1 Å². The van der Waals surface area contributed by atoms with Crippen LogP contribution >= 0.6 is 0 Å². The number of amides is 2. The summed E-state index contributed by atoms with van der Waals surface area (Å²) >= 11 is 0. The van der Waals surface area contributed by atoms with Crippen molar-refractivity contribution in [2.75, 3.05) is 13.1 Å². The van der Waals surface area contributed by atoms with Crippen LogP contribution in [0, 0.1) is 27.7 Å². The number of hydrogen-bond acceptors (Lipinski definition) is 7. The van der Waals surface area contributed by atoms with Crippen molar-refractivity contribution in [1.29, 1.82) is 0 Å². The van der Waals surface area contributed by atoms with Gasteiger partial charge in [-0.2, -0.15) is 8.42 Å². The van der Waals surface area contributed by atoms with Crippen LogP contribution in [0.5, 0.6) is 11.6 Å². The number of nitrogens with one attached hydrogen (secondary N) is 1. The summed E-state index contributed by atoms with van der Waals surface area (Å²) < 4.78 is 34.1. The van der Waals surface area contributed by atoms with Crippen molar-refractivity contribution in [1.82, 2.24) is 19.6 Å². The van der Waals surface area contributed by atoms with Gasteiger partial charge >= 0.3 is 0 Å². The minimum absolute atomic E-state index is 0. The summed E-state index contributed by atoms with van der Waals surface area (Å²) in [6.07, 6.45) is 2.51. The average molecular weight is 537 g/mol. The summed E-state index contributed by atoms with van der Waals surface area (Å²) in [5.41, 5.74) is 4.74.